The highest BCUT2D eigenvalue weighted by atomic mass is 19.1. The lowest BCUT2D eigenvalue weighted by Gasteiger charge is -2.29. The van der Waals surface area contributed by atoms with Crippen molar-refractivity contribution in [2.75, 3.05) is 62.5 Å². The van der Waals surface area contributed by atoms with Crippen LogP contribution >= 0.6 is 0 Å². The van der Waals surface area contributed by atoms with Crippen LogP contribution in [0.3, 0.4) is 0 Å². The van der Waals surface area contributed by atoms with Gasteiger partial charge in [0.15, 0.2) is 0 Å². The van der Waals surface area contributed by atoms with Gasteiger partial charge < -0.3 is 24.2 Å². The molecule has 1 unspecified atom stereocenters. The molecule has 2 fully saturated rings. The van der Waals surface area contributed by atoms with E-state index in [1.165, 1.54) is 6.92 Å². The maximum absolute atomic E-state index is 14.6. The molecule has 142 valence electrons. The molecule has 7 heteroatoms. The number of amides is 1. The second-order valence-corrected chi connectivity index (χ2v) is 6.59. The van der Waals surface area contributed by atoms with Crippen molar-refractivity contribution < 1.29 is 18.7 Å². The summed E-state index contributed by atoms with van der Waals surface area (Å²) in [7, 11) is 0. The number of morpholine rings is 1. The van der Waals surface area contributed by atoms with Gasteiger partial charge in [-0.05, 0) is 18.2 Å². The molecule has 0 saturated carbocycles. The lowest BCUT2D eigenvalue weighted by atomic mass is 10.2. The zero-order valence-electron chi connectivity index (χ0n) is 15.2. The molecule has 2 saturated heterocycles. The summed E-state index contributed by atoms with van der Waals surface area (Å²) in [4.78, 5) is 17.3. The van der Waals surface area contributed by atoms with Crippen LogP contribution in [0.5, 0.6) is 0 Å². The molecule has 0 spiro atoms. The number of anilines is 2. The summed E-state index contributed by atoms with van der Waals surface area (Å²) in [6.07, 6.45) is 1.61. The van der Waals surface area contributed by atoms with Crippen LogP contribution < -0.4 is 9.80 Å². The molecule has 0 aliphatic carbocycles. The van der Waals surface area contributed by atoms with Crippen LogP contribution in [0, 0.1) is 5.82 Å². The Morgan fingerprint density at radius 1 is 1.38 bits per heavy atom. The highest BCUT2D eigenvalue weighted by Crippen LogP contribution is 2.27. The number of hydrogen-bond donors (Lipinski definition) is 0. The van der Waals surface area contributed by atoms with Crippen molar-refractivity contribution in [2.45, 2.75) is 13.0 Å². The lowest BCUT2D eigenvalue weighted by Crippen LogP contribution is -2.38. The highest BCUT2D eigenvalue weighted by molar-refractivity contribution is 5.73. The monoisotopic (exact) mass is 363 g/mol. The first-order chi connectivity index (χ1) is 12.6. The second kappa shape index (κ2) is 8.51. The molecule has 1 amide bonds. The van der Waals surface area contributed by atoms with Crippen LogP contribution in [-0.2, 0) is 14.3 Å². The van der Waals surface area contributed by atoms with Crippen molar-refractivity contribution in [3.05, 3.63) is 36.7 Å². The van der Waals surface area contributed by atoms with Crippen molar-refractivity contribution in [3.8, 4) is 0 Å². The molecule has 3 rings (SSSR count). The Labute approximate surface area is 153 Å². The molecule has 1 aromatic rings. The van der Waals surface area contributed by atoms with Crippen LogP contribution in [0.1, 0.15) is 6.92 Å². The molecule has 0 bridgehead atoms. The van der Waals surface area contributed by atoms with Gasteiger partial charge in [-0.3, -0.25) is 4.79 Å². The molecule has 1 aromatic carbocycles. The van der Waals surface area contributed by atoms with Gasteiger partial charge in [0.2, 0.25) is 5.91 Å². The van der Waals surface area contributed by atoms with Gasteiger partial charge in [0.05, 0.1) is 25.0 Å². The van der Waals surface area contributed by atoms with Gasteiger partial charge in [-0.1, -0.05) is 6.08 Å². The summed E-state index contributed by atoms with van der Waals surface area (Å²) < 4.78 is 25.7. The van der Waals surface area contributed by atoms with E-state index in [0.717, 1.165) is 5.69 Å². The Morgan fingerprint density at radius 3 is 2.81 bits per heavy atom. The van der Waals surface area contributed by atoms with Crippen LogP contribution in [0.15, 0.2) is 30.9 Å². The first-order valence-corrected chi connectivity index (χ1v) is 8.93. The largest absolute Gasteiger partial charge is 0.378 e. The molecular weight excluding hydrogens is 337 g/mol. The van der Waals surface area contributed by atoms with Gasteiger partial charge in [0, 0.05) is 45.3 Å². The van der Waals surface area contributed by atoms with E-state index in [0.29, 0.717) is 58.4 Å². The standard InChI is InChI=1S/C19H26FN3O3/c1-3-6-22(15(2)24)12-17-13-23(14-26-17)16-4-5-19(18(20)11-16)21-7-9-25-10-8-21/h3-5,11,17H,1,6-10,12-14H2,2H3. The minimum atomic E-state index is -0.232. The molecule has 2 heterocycles. The van der Waals surface area contributed by atoms with E-state index < -0.39 is 0 Å². The molecular formula is C19H26FN3O3. The van der Waals surface area contributed by atoms with E-state index in [2.05, 4.69) is 6.58 Å². The fourth-order valence-electron chi connectivity index (χ4n) is 3.32. The molecule has 0 aromatic heterocycles. The lowest BCUT2D eigenvalue weighted by molar-refractivity contribution is -0.129. The zero-order valence-corrected chi connectivity index (χ0v) is 15.2. The third-order valence-electron chi connectivity index (χ3n) is 4.76. The van der Waals surface area contributed by atoms with Gasteiger partial charge >= 0.3 is 0 Å². The topological polar surface area (TPSA) is 45.2 Å². The van der Waals surface area contributed by atoms with Crippen molar-refractivity contribution in [1.82, 2.24) is 4.90 Å². The number of hydrogen-bond acceptors (Lipinski definition) is 5. The van der Waals surface area contributed by atoms with E-state index in [1.54, 1.807) is 17.0 Å². The molecule has 1 atom stereocenters. The smallest absolute Gasteiger partial charge is 0.219 e. The Bertz CT molecular complexity index is 649. The summed E-state index contributed by atoms with van der Waals surface area (Å²) in [5.41, 5.74) is 1.41. The van der Waals surface area contributed by atoms with Gasteiger partial charge in [0.1, 0.15) is 12.5 Å². The predicted octanol–water partition coefficient (Wildman–Crippen LogP) is 1.86. The van der Waals surface area contributed by atoms with Gasteiger partial charge in [0.25, 0.3) is 0 Å². The Morgan fingerprint density at radius 2 is 2.15 bits per heavy atom. The van der Waals surface area contributed by atoms with Crippen LogP contribution in [0.4, 0.5) is 15.8 Å². The number of halogens is 1. The Hall–Kier alpha value is -2.12. The molecule has 0 radical (unpaired) electrons. The average Bonchev–Trinajstić information content (AvgIpc) is 3.10. The number of rotatable bonds is 6. The SMILES string of the molecule is C=CCN(CC1CN(c2ccc(N3CCOCC3)c(F)c2)CO1)C(C)=O. The summed E-state index contributed by atoms with van der Waals surface area (Å²) in [6, 6.07) is 5.30. The van der Waals surface area contributed by atoms with E-state index in [1.807, 2.05) is 21.9 Å². The van der Waals surface area contributed by atoms with Crippen molar-refractivity contribution in [3.63, 3.8) is 0 Å². The molecule has 6 nitrogen and oxygen atoms in total. The molecule has 2 aliphatic heterocycles. The quantitative estimate of drug-likeness (QED) is 0.722. The van der Waals surface area contributed by atoms with Gasteiger partial charge in [-0.2, -0.15) is 0 Å². The molecule has 0 N–H and O–H groups in total. The predicted molar refractivity (Wildman–Crippen MR) is 99.0 cm³/mol. The number of carbonyl (C=O) groups is 1. The minimum Gasteiger partial charge on any atom is -0.378 e. The van der Waals surface area contributed by atoms with Crippen molar-refractivity contribution in [1.29, 1.82) is 0 Å². The first kappa shape index (κ1) is 18.7. The van der Waals surface area contributed by atoms with E-state index in [9.17, 15) is 9.18 Å². The van der Waals surface area contributed by atoms with Gasteiger partial charge in [-0.25, -0.2) is 4.39 Å². The maximum atomic E-state index is 14.6. The maximum Gasteiger partial charge on any atom is 0.219 e. The fourth-order valence-corrected chi connectivity index (χ4v) is 3.32. The van der Waals surface area contributed by atoms with E-state index in [-0.39, 0.29) is 17.8 Å². The van der Waals surface area contributed by atoms with E-state index >= 15 is 0 Å². The van der Waals surface area contributed by atoms with Crippen molar-refractivity contribution in [2.24, 2.45) is 0 Å². The fraction of sp³-hybridized carbons (Fsp3) is 0.526. The molecule has 2 aliphatic rings. The summed E-state index contributed by atoms with van der Waals surface area (Å²) in [5.74, 6) is -0.238. The van der Waals surface area contributed by atoms with Crippen LogP contribution in [-0.4, -0.2) is 69.6 Å². The minimum absolute atomic E-state index is 0.00661. The number of benzene rings is 1. The third kappa shape index (κ3) is 4.34. The normalized spacial score (nSPS) is 20.3. The average molecular weight is 363 g/mol. The van der Waals surface area contributed by atoms with Gasteiger partial charge in [-0.15, -0.1) is 6.58 Å². The number of ether oxygens (including phenoxy) is 2. The Kier molecular flexibility index (Phi) is 6.11. The third-order valence-corrected chi connectivity index (χ3v) is 4.76. The second-order valence-electron chi connectivity index (χ2n) is 6.59. The number of carbonyl (C=O) groups excluding carboxylic acids is 1. The van der Waals surface area contributed by atoms with E-state index in [4.69, 9.17) is 9.47 Å². The summed E-state index contributed by atoms with van der Waals surface area (Å²) >= 11 is 0. The first-order valence-electron chi connectivity index (χ1n) is 8.93. The molecule has 26 heavy (non-hydrogen) atoms. The van der Waals surface area contributed by atoms with Crippen molar-refractivity contribution >= 4 is 17.3 Å². The van der Waals surface area contributed by atoms with Crippen LogP contribution in [0.2, 0.25) is 0 Å². The summed E-state index contributed by atoms with van der Waals surface area (Å²) in [6.45, 7) is 9.89. The Balaban J connectivity index is 1.62. The number of nitrogens with zero attached hydrogens (tertiary/aromatic N) is 3. The van der Waals surface area contributed by atoms with Crippen LogP contribution in [0.25, 0.3) is 0 Å². The highest BCUT2D eigenvalue weighted by Gasteiger charge is 2.27. The summed E-state index contributed by atoms with van der Waals surface area (Å²) in [5, 5.41) is 0. The zero-order chi connectivity index (χ0) is 18.5.